The van der Waals surface area contributed by atoms with Gasteiger partial charge >= 0.3 is 6.09 Å². The molecule has 2 N–H and O–H groups in total. The number of imide groups is 1. The molecule has 2 aromatic rings. The molecule has 0 aromatic heterocycles. The number of hydrogen-bond acceptors (Lipinski definition) is 8. The van der Waals surface area contributed by atoms with Gasteiger partial charge in [0.1, 0.15) is 17.1 Å². The van der Waals surface area contributed by atoms with Gasteiger partial charge in [0.15, 0.2) is 0 Å². The van der Waals surface area contributed by atoms with Crippen molar-refractivity contribution in [3.63, 3.8) is 0 Å². The molecular weight excluding hydrogens is 440 g/mol. The van der Waals surface area contributed by atoms with Gasteiger partial charge in [-0.2, -0.15) is 0 Å². The molecule has 0 saturated carbocycles. The van der Waals surface area contributed by atoms with Crippen LogP contribution >= 0.6 is 0 Å². The van der Waals surface area contributed by atoms with Gasteiger partial charge in [-0.15, -0.1) is 0 Å². The van der Waals surface area contributed by atoms with Gasteiger partial charge in [0, 0.05) is 28.7 Å². The lowest BCUT2D eigenvalue weighted by atomic mass is 10.0. The van der Waals surface area contributed by atoms with Crippen molar-refractivity contribution in [2.24, 2.45) is 0 Å². The van der Waals surface area contributed by atoms with Crippen molar-refractivity contribution in [3.05, 3.63) is 64.2 Å². The highest BCUT2D eigenvalue weighted by molar-refractivity contribution is 7.85. The Morgan fingerprint density at radius 2 is 1.72 bits per heavy atom. The number of ether oxygens (including phenoxy) is 1. The van der Waals surface area contributed by atoms with Crippen LogP contribution in [0.15, 0.2) is 58.3 Å². The maximum atomic E-state index is 13.3. The summed E-state index contributed by atoms with van der Waals surface area (Å²) in [7, 11) is -2.11. The smallest absolute Gasteiger partial charge is 0.418 e. The molecule has 0 spiro atoms. The Kier molecular flexibility index (Phi) is 6.04. The highest BCUT2D eigenvalue weighted by atomic mass is 32.2. The summed E-state index contributed by atoms with van der Waals surface area (Å²) in [5.74, 6) is -1.57. The third-order valence-electron chi connectivity index (χ3n) is 4.42. The number of amides is 2. The molecule has 2 amide bonds. The topological polar surface area (TPSA) is 147 Å². The standard InChI is InChI=1S/C21H20N2O8S/c1-21(2,3)31-20(27)22-14(8-11-17(22)26)18-15(24)9-10-16(25)19(18)32(30)13-6-4-12(5-7-13)23(28)29/h4-11,14,24-25H,1-3H3/t14-,32?/m0/s1. The Morgan fingerprint density at radius 3 is 2.28 bits per heavy atom. The number of benzene rings is 2. The van der Waals surface area contributed by atoms with Crippen molar-refractivity contribution in [1.82, 2.24) is 4.90 Å². The number of nitrogens with zero attached hydrogens (tertiary/aromatic N) is 2. The molecule has 1 unspecified atom stereocenters. The molecule has 168 valence electrons. The van der Waals surface area contributed by atoms with E-state index in [0.717, 1.165) is 35.2 Å². The summed E-state index contributed by atoms with van der Waals surface area (Å²) < 4.78 is 18.6. The van der Waals surface area contributed by atoms with E-state index in [4.69, 9.17) is 4.74 Å². The average molecular weight is 460 g/mol. The van der Waals surface area contributed by atoms with Crippen LogP contribution in [0.2, 0.25) is 0 Å². The molecule has 11 heteroatoms. The molecule has 3 rings (SSSR count). The van der Waals surface area contributed by atoms with Crippen LogP contribution in [0.4, 0.5) is 10.5 Å². The monoisotopic (exact) mass is 460 g/mol. The molecule has 0 saturated heterocycles. The number of carbonyl (C=O) groups is 2. The molecule has 1 aliphatic rings. The van der Waals surface area contributed by atoms with Crippen molar-refractivity contribution in [3.8, 4) is 11.5 Å². The first kappa shape index (κ1) is 22.9. The highest BCUT2D eigenvalue weighted by Crippen LogP contribution is 2.43. The Morgan fingerprint density at radius 1 is 1.12 bits per heavy atom. The largest absolute Gasteiger partial charge is 0.508 e. The van der Waals surface area contributed by atoms with Crippen LogP contribution < -0.4 is 0 Å². The summed E-state index contributed by atoms with van der Waals surface area (Å²) in [6, 6.07) is 5.88. The summed E-state index contributed by atoms with van der Waals surface area (Å²) >= 11 is 0. The first-order chi connectivity index (χ1) is 14.9. The number of aromatic hydroxyl groups is 2. The van der Waals surface area contributed by atoms with Crippen LogP contribution in [0.5, 0.6) is 11.5 Å². The minimum Gasteiger partial charge on any atom is -0.508 e. The number of phenols is 2. The fraction of sp³-hybridized carbons (Fsp3) is 0.238. The maximum Gasteiger partial charge on any atom is 0.418 e. The van der Waals surface area contributed by atoms with Gasteiger partial charge in [-0.3, -0.25) is 14.9 Å². The SMILES string of the molecule is CC(C)(C)OC(=O)N1C(=O)C=C[C@H]1c1c(O)ccc(O)c1S(=O)c1ccc([N+](=O)[O-])cc1. The first-order valence-corrected chi connectivity index (χ1v) is 10.5. The lowest BCUT2D eigenvalue weighted by molar-refractivity contribution is -0.384. The second-order valence-corrected chi connectivity index (χ2v) is 9.28. The fourth-order valence-corrected chi connectivity index (χ4v) is 4.39. The lowest BCUT2D eigenvalue weighted by Gasteiger charge is -2.28. The summed E-state index contributed by atoms with van der Waals surface area (Å²) in [5.41, 5.74) is -1.25. The number of carbonyl (C=O) groups excluding carboxylic acids is 2. The third-order valence-corrected chi connectivity index (χ3v) is 5.92. The van der Waals surface area contributed by atoms with Gasteiger partial charge < -0.3 is 14.9 Å². The molecule has 1 heterocycles. The van der Waals surface area contributed by atoms with E-state index in [9.17, 15) is 34.1 Å². The van der Waals surface area contributed by atoms with E-state index >= 15 is 0 Å². The first-order valence-electron chi connectivity index (χ1n) is 9.36. The van der Waals surface area contributed by atoms with Gasteiger partial charge in [0.2, 0.25) is 0 Å². The minimum atomic E-state index is -2.11. The van der Waals surface area contributed by atoms with Gasteiger partial charge in [0.25, 0.3) is 11.6 Å². The predicted octanol–water partition coefficient (Wildman–Crippen LogP) is 3.55. The van der Waals surface area contributed by atoms with Crippen LogP contribution in [-0.2, 0) is 20.3 Å². The average Bonchev–Trinajstić information content (AvgIpc) is 3.09. The zero-order valence-corrected chi connectivity index (χ0v) is 18.2. The molecule has 10 nitrogen and oxygen atoms in total. The van der Waals surface area contributed by atoms with Gasteiger partial charge in [-0.1, -0.05) is 6.08 Å². The summed E-state index contributed by atoms with van der Waals surface area (Å²) in [6.45, 7) is 4.86. The van der Waals surface area contributed by atoms with Crippen LogP contribution in [0, 0.1) is 10.1 Å². The van der Waals surface area contributed by atoms with Crippen molar-refractivity contribution in [1.29, 1.82) is 0 Å². The summed E-state index contributed by atoms with van der Waals surface area (Å²) in [4.78, 5) is 35.9. The normalized spacial score (nSPS) is 16.8. The van der Waals surface area contributed by atoms with E-state index in [1.807, 2.05) is 0 Å². The molecule has 0 radical (unpaired) electrons. The molecule has 0 aliphatic carbocycles. The number of phenolic OH excluding ortho intramolecular Hbond substituents is 2. The zero-order valence-electron chi connectivity index (χ0n) is 17.3. The predicted molar refractivity (Wildman–Crippen MR) is 113 cm³/mol. The van der Waals surface area contributed by atoms with Crippen LogP contribution in [0.3, 0.4) is 0 Å². The van der Waals surface area contributed by atoms with Gasteiger partial charge in [-0.25, -0.2) is 13.9 Å². The molecule has 2 aromatic carbocycles. The fourth-order valence-electron chi connectivity index (χ4n) is 3.08. The Balaban J connectivity index is 2.09. The molecule has 0 bridgehead atoms. The maximum absolute atomic E-state index is 13.3. The van der Waals surface area contributed by atoms with Crippen molar-refractivity contribution < 1.29 is 33.7 Å². The number of non-ortho nitro benzene ring substituents is 1. The Bertz CT molecular complexity index is 1150. The van der Waals surface area contributed by atoms with E-state index in [-0.39, 0.29) is 21.0 Å². The van der Waals surface area contributed by atoms with Crippen LogP contribution in [-0.4, -0.2) is 41.8 Å². The minimum absolute atomic E-state index is 0.106. The van der Waals surface area contributed by atoms with Gasteiger partial charge in [-0.05, 0) is 45.0 Å². The van der Waals surface area contributed by atoms with E-state index < -0.39 is 50.9 Å². The second-order valence-electron chi connectivity index (χ2n) is 7.86. The molecule has 0 fully saturated rings. The van der Waals surface area contributed by atoms with E-state index in [1.165, 1.54) is 18.2 Å². The van der Waals surface area contributed by atoms with Crippen molar-refractivity contribution >= 4 is 28.5 Å². The summed E-state index contributed by atoms with van der Waals surface area (Å²) in [6.07, 6.45) is 1.45. The van der Waals surface area contributed by atoms with E-state index in [2.05, 4.69) is 0 Å². The van der Waals surface area contributed by atoms with Crippen LogP contribution in [0.1, 0.15) is 32.4 Å². The number of nitro groups is 1. The molecule has 1 aliphatic heterocycles. The molecule has 32 heavy (non-hydrogen) atoms. The van der Waals surface area contributed by atoms with E-state index in [0.29, 0.717) is 0 Å². The van der Waals surface area contributed by atoms with Crippen molar-refractivity contribution in [2.45, 2.75) is 42.2 Å². The zero-order chi connectivity index (χ0) is 23.8. The van der Waals surface area contributed by atoms with E-state index in [1.54, 1.807) is 20.8 Å². The Labute approximate surface area is 185 Å². The van der Waals surface area contributed by atoms with Crippen molar-refractivity contribution in [2.75, 3.05) is 0 Å². The summed E-state index contributed by atoms with van der Waals surface area (Å²) in [5, 5.41) is 31.9. The highest BCUT2D eigenvalue weighted by Gasteiger charge is 2.39. The second kappa shape index (κ2) is 8.42. The quantitative estimate of drug-likeness (QED) is 0.400. The number of nitro benzene ring substituents is 1. The third kappa shape index (κ3) is 4.47. The number of rotatable bonds is 4. The van der Waals surface area contributed by atoms with Gasteiger partial charge in [0.05, 0.1) is 26.7 Å². The molecule has 2 atom stereocenters. The lowest BCUT2D eigenvalue weighted by Crippen LogP contribution is -2.39. The Hall–Kier alpha value is -3.73. The number of hydrogen-bond donors (Lipinski definition) is 2. The molecular formula is C21H20N2O8S. The van der Waals surface area contributed by atoms with Crippen LogP contribution in [0.25, 0.3) is 0 Å².